The third kappa shape index (κ3) is 2.47. The summed E-state index contributed by atoms with van der Waals surface area (Å²) in [5.41, 5.74) is 4.43. The molecule has 1 saturated carbocycles. The lowest BCUT2D eigenvalue weighted by Crippen LogP contribution is -2.27. The Balaban J connectivity index is 1.77. The highest BCUT2D eigenvalue weighted by Gasteiger charge is 2.17. The van der Waals surface area contributed by atoms with Gasteiger partial charge in [-0.25, -0.2) is 0 Å². The van der Waals surface area contributed by atoms with Gasteiger partial charge in [0.15, 0.2) is 0 Å². The summed E-state index contributed by atoms with van der Waals surface area (Å²) in [7, 11) is 0. The van der Waals surface area contributed by atoms with Crippen LogP contribution in [0.25, 0.3) is 0 Å². The zero-order valence-electron chi connectivity index (χ0n) is 10.5. The summed E-state index contributed by atoms with van der Waals surface area (Å²) in [6.07, 6.45) is 8.09. The van der Waals surface area contributed by atoms with E-state index in [1.165, 1.54) is 49.8 Å². The Morgan fingerprint density at radius 3 is 2.88 bits per heavy atom. The van der Waals surface area contributed by atoms with Gasteiger partial charge in [0.1, 0.15) is 0 Å². The van der Waals surface area contributed by atoms with E-state index in [1.54, 1.807) is 5.56 Å². The molecule has 1 aliphatic carbocycles. The Hall–Kier alpha value is -1.02. The Kier molecular flexibility index (Phi) is 3.32. The van der Waals surface area contributed by atoms with E-state index in [0.29, 0.717) is 6.04 Å². The van der Waals surface area contributed by atoms with Crippen LogP contribution in [0.15, 0.2) is 18.2 Å². The summed E-state index contributed by atoms with van der Waals surface area (Å²) in [5.74, 6) is 0. The Bertz CT molecular complexity index is 381. The van der Waals surface area contributed by atoms with E-state index in [9.17, 15) is 0 Å². The lowest BCUT2D eigenvalue weighted by atomic mass is 9.93. The summed E-state index contributed by atoms with van der Waals surface area (Å²) in [4.78, 5) is 0. The molecule has 0 atom stereocenters. The highest BCUT2D eigenvalue weighted by atomic mass is 14.9. The predicted molar refractivity (Wildman–Crippen MR) is 72.3 cm³/mol. The number of hydrogen-bond acceptors (Lipinski definition) is 2. The Morgan fingerprint density at radius 1 is 1.12 bits per heavy atom. The maximum Gasteiger partial charge on any atom is 0.0378 e. The van der Waals surface area contributed by atoms with Gasteiger partial charge in [-0.05, 0) is 43.0 Å². The molecule has 0 amide bonds. The summed E-state index contributed by atoms with van der Waals surface area (Å²) < 4.78 is 0. The van der Waals surface area contributed by atoms with E-state index in [2.05, 4.69) is 28.8 Å². The molecular weight excluding hydrogens is 208 g/mol. The number of anilines is 1. The lowest BCUT2D eigenvalue weighted by Gasteiger charge is -2.27. The van der Waals surface area contributed by atoms with Crippen LogP contribution in [0.2, 0.25) is 0 Å². The highest BCUT2D eigenvalue weighted by Crippen LogP contribution is 2.27. The van der Waals surface area contributed by atoms with Gasteiger partial charge in [-0.3, -0.25) is 0 Å². The maximum atomic E-state index is 3.78. The molecule has 2 aliphatic rings. The molecular formula is C15H22N2. The predicted octanol–water partition coefficient (Wildman–Crippen LogP) is 3.08. The molecule has 0 radical (unpaired) electrons. The second-order valence-corrected chi connectivity index (χ2v) is 5.35. The van der Waals surface area contributed by atoms with Gasteiger partial charge in [-0.1, -0.05) is 31.4 Å². The number of hydrogen-bond donors (Lipinski definition) is 2. The summed E-state index contributed by atoms with van der Waals surface area (Å²) >= 11 is 0. The Morgan fingerprint density at radius 2 is 2.00 bits per heavy atom. The zero-order valence-corrected chi connectivity index (χ0v) is 10.5. The fraction of sp³-hybridized carbons (Fsp3) is 0.600. The molecule has 17 heavy (non-hydrogen) atoms. The van der Waals surface area contributed by atoms with Crippen molar-refractivity contribution in [1.82, 2.24) is 5.32 Å². The van der Waals surface area contributed by atoms with Crippen LogP contribution in [0, 0.1) is 0 Å². The van der Waals surface area contributed by atoms with Crippen LogP contribution in [-0.2, 0) is 13.0 Å². The van der Waals surface area contributed by atoms with Gasteiger partial charge in [-0.15, -0.1) is 0 Å². The van der Waals surface area contributed by atoms with Gasteiger partial charge >= 0.3 is 0 Å². The molecule has 1 heterocycles. The molecule has 1 aliphatic heterocycles. The lowest BCUT2D eigenvalue weighted by molar-refractivity contribution is 0.462. The Labute approximate surface area is 104 Å². The average molecular weight is 230 g/mol. The first-order chi connectivity index (χ1) is 8.43. The summed E-state index contributed by atoms with van der Waals surface area (Å²) in [5, 5.41) is 7.23. The van der Waals surface area contributed by atoms with E-state index in [4.69, 9.17) is 0 Å². The van der Waals surface area contributed by atoms with Crippen molar-refractivity contribution in [3.63, 3.8) is 0 Å². The molecule has 1 aromatic rings. The highest BCUT2D eigenvalue weighted by molar-refractivity contribution is 5.56. The molecule has 0 aromatic heterocycles. The monoisotopic (exact) mass is 230 g/mol. The number of fused-ring (bicyclic) bond motifs is 1. The van der Waals surface area contributed by atoms with Gasteiger partial charge in [0.05, 0.1) is 0 Å². The topological polar surface area (TPSA) is 24.1 Å². The maximum absolute atomic E-state index is 3.78. The van der Waals surface area contributed by atoms with Crippen molar-refractivity contribution in [2.75, 3.05) is 11.9 Å². The molecule has 2 heteroatoms. The van der Waals surface area contributed by atoms with Crippen LogP contribution in [0.3, 0.4) is 0 Å². The smallest absolute Gasteiger partial charge is 0.0378 e. The van der Waals surface area contributed by atoms with E-state index in [-0.39, 0.29) is 0 Å². The summed E-state index contributed by atoms with van der Waals surface area (Å²) in [6, 6.07) is 7.42. The normalized spacial score (nSPS) is 20.9. The van der Waals surface area contributed by atoms with Crippen molar-refractivity contribution in [3.8, 4) is 0 Å². The third-order valence-electron chi connectivity index (χ3n) is 4.11. The third-order valence-corrected chi connectivity index (χ3v) is 4.11. The average Bonchev–Trinajstić information content (AvgIpc) is 2.40. The summed E-state index contributed by atoms with van der Waals surface area (Å²) in [6.45, 7) is 2.16. The van der Waals surface area contributed by atoms with Gasteiger partial charge in [0.25, 0.3) is 0 Å². The number of nitrogens with one attached hydrogen (secondary N) is 2. The number of rotatable bonds is 2. The molecule has 3 rings (SSSR count). The van der Waals surface area contributed by atoms with Gasteiger partial charge in [-0.2, -0.15) is 0 Å². The first kappa shape index (κ1) is 11.1. The minimum absolute atomic E-state index is 0.713. The fourth-order valence-corrected chi connectivity index (χ4v) is 3.13. The van der Waals surface area contributed by atoms with E-state index in [0.717, 1.165) is 13.1 Å². The quantitative estimate of drug-likeness (QED) is 0.816. The van der Waals surface area contributed by atoms with E-state index >= 15 is 0 Å². The molecule has 2 N–H and O–H groups in total. The number of benzene rings is 1. The molecule has 0 unspecified atom stereocenters. The van der Waals surface area contributed by atoms with Gasteiger partial charge < -0.3 is 10.6 Å². The SMILES string of the molecule is c1cc2c(c(NC3CCCCC3)c1)CCNC2. The standard InChI is InChI=1S/C15H22N2/c1-2-6-13(7-3-1)17-15-8-4-5-12-11-16-10-9-14(12)15/h4-5,8,13,16-17H,1-3,6-7,9-11H2. The van der Waals surface area contributed by atoms with Crippen LogP contribution in [-0.4, -0.2) is 12.6 Å². The van der Waals surface area contributed by atoms with Crippen LogP contribution < -0.4 is 10.6 Å². The van der Waals surface area contributed by atoms with Crippen LogP contribution in [0.1, 0.15) is 43.2 Å². The second-order valence-electron chi connectivity index (χ2n) is 5.35. The first-order valence-electron chi connectivity index (χ1n) is 7.01. The molecule has 0 spiro atoms. The fourth-order valence-electron chi connectivity index (χ4n) is 3.13. The van der Waals surface area contributed by atoms with Crippen molar-refractivity contribution in [2.45, 2.75) is 51.1 Å². The largest absolute Gasteiger partial charge is 0.382 e. The zero-order chi connectivity index (χ0) is 11.5. The molecule has 0 saturated heterocycles. The van der Waals surface area contributed by atoms with Crippen LogP contribution in [0.4, 0.5) is 5.69 Å². The van der Waals surface area contributed by atoms with Gasteiger partial charge in [0.2, 0.25) is 0 Å². The molecule has 0 bridgehead atoms. The van der Waals surface area contributed by atoms with Gasteiger partial charge in [0, 0.05) is 18.3 Å². The van der Waals surface area contributed by atoms with Crippen molar-refractivity contribution in [3.05, 3.63) is 29.3 Å². The minimum Gasteiger partial charge on any atom is -0.382 e. The van der Waals surface area contributed by atoms with Crippen molar-refractivity contribution in [1.29, 1.82) is 0 Å². The first-order valence-corrected chi connectivity index (χ1v) is 7.01. The van der Waals surface area contributed by atoms with Crippen molar-refractivity contribution < 1.29 is 0 Å². The molecule has 1 fully saturated rings. The van der Waals surface area contributed by atoms with Crippen molar-refractivity contribution in [2.24, 2.45) is 0 Å². The minimum atomic E-state index is 0.713. The molecule has 92 valence electrons. The molecule has 2 nitrogen and oxygen atoms in total. The van der Waals surface area contributed by atoms with Crippen LogP contribution in [0.5, 0.6) is 0 Å². The van der Waals surface area contributed by atoms with Crippen molar-refractivity contribution >= 4 is 5.69 Å². The van der Waals surface area contributed by atoms with E-state index < -0.39 is 0 Å². The second kappa shape index (κ2) is 5.09. The van der Waals surface area contributed by atoms with Crippen LogP contribution >= 0.6 is 0 Å². The molecule has 1 aromatic carbocycles. The van der Waals surface area contributed by atoms with E-state index in [1.807, 2.05) is 0 Å².